The zero-order chi connectivity index (χ0) is 11.5. The molecule has 0 aliphatic heterocycles. The fraction of sp³-hybridized carbons (Fsp3) is 0.0833. The summed E-state index contributed by atoms with van der Waals surface area (Å²) in [6, 6.07) is 8.97. The number of ether oxygens (including phenoxy) is 1. The molecule has 0 spiro atoms. The van der Waals surface area contributed by atoms with Crippen LogP contribution in [0, 0.1) is 6.92 Å². The maximum absolute atomic E-state index is 5.82. The SMILES string of the molecule is Cc1cc(Oc2ccc(Cl)cc2)cnc1Cl. The van der Waals surface area contributed by atoms with E-state index >= 15 is 0 Å². The molecular weight excluding hydrogens is 245 g/mol. The van der Waals surface area contributed by atoms with E-state index in [2.05, 4.69) is 4.98 Å². The Morgan fingerprint density at radius 2 is 1.75 bits per heavy atom. The van der Waals surface area contributed by atoms with Crippen molar-refractivity contribution in [2.24, 2.45) is 0 Å². The van der Waals surface area contributed by atoms with Gasteiger partial charge in [-0.15, -0.1) is 0 Å². The van der Waals surface area contributed by atoms with Gasteiger partial charge < -0.3 is 4.74 Å². The summed E-state index contributed by atoms with van der Waals surface area (Å²) in [6.07, 6.45) is 1.59. The maximum Gasteiger partial charge on any atom is 0.146 e. The predicted molar refractivity (Wildman–Crippen MR) is 65.5 cm³/mol. The topological polar surface area (TPSA) is 22.1 Å². The summed E-state index contributed by atoms with van der Waals surface area (Å²) in [7, 11) is 0. The van der Waals surface area contributed by atoms with Crippen LogP contribution in [0.4, 0.5) is 0 Å². The van der Waals surface area contributed by atoms with Crippen LogP contribution < -0.4 is 4.74 Å². The summed E-state index contributed by atoms with van der Waals surface area (Å²) < 4.78 is 5.59. The number of hydrogen-bond donors (Lipinski definition) is 0. The van der Waals surface area contributed by atoms with E-state index < -0.39 is 0 Å². The molecular formula is C12H9Cl2NO. The molecule has 82 valence electrons. The molecule has 0 atom stereocenters. The van der Waals surface area contributed by atoms with E-state index in [0.717, 1.165) is 5.56 Å². The van der Waals surface area contributed by atoms with Crippen LogP contribution in [0.1, 0.15) is 5.56 Å². The summed E-state index contributed by atoms with van der Waals surface area (Å²) in [5.41, 5.74) is 0.883. The number of aromatic nitrogens is 1. The standard InChI is InChI=1S/C12H9Cl2NO/c1-8-6-11(7-15-12(8)14)16-10-4-2-9(13)3-5-10/h2-7H,1H3. The van der Waals surface area contributed by atoms with Crippen LogP contribution in [0.2, 0.25) is 10.2 Å². The Labute approximate surface area is 104 Å². The van der Waals surface area contributed by atoms with E-state index in [4.69, 9.17) is 27.9 Å². The Morgan fingerprint density at radius 1 is 1.06 bits per heavy atom. The molecule has 2 rings (SSSR count). The molecule has 4 heteroatoms. The van der Waals surface area contributed by atoms with Crippen molar-refractivity contribution in [3.05, 3.63) is 52.3 Å². The molecule has 0 N–H and O–H groups in total. The lowest BCUT2D eigenvalue weighted by Crippen LogP contribution is -1.87. The molecule has 1 aromatic carbocycles. The lowest BCUT2D eigenvalue weighted by molar-refractivity contribution is 0.480. The van der Waals surface area contributed by atoms with E-state index in [1.807, 2.05) is 13.0 Å². The first-order valence-corrected chi connectivity index (χ1v) is 5.46. The lowest BCUT2D eigenvalue weighted by Gasteiger charge is -2.06. The number of halogens is 2. The number of pyridine rings is 1. The van der Waals surface area contributed by atoms with E-state index in [1.165, 1.54) is 0 Å². The highest BCUT2D eigenvalue weighted by Gasteiger charge is 2.01. The summed E-state index contributed by atoms with van der Waals surface area (Å²) in [4.78, 5) is 4.01. The fourth-order valence-electron chi connectivity index (χ4n) is 1.23. The molecule has 0 aliphatic rings. The highest BCUT2D eigenvalue weighted by atomic mass is 35.5. The average molecular weight is 254 g/mol. The van der Waals surface area contributed by atoms with Crippen LogP contribution in [-0.4, -0.2) is 4.98 Å². The van der Waals surface area contributed by atoms with Crippen LogP contribution in [0.15, 0.2) is 36.5 Å². The quantitative estimate of drug-likeness (QED) is 0.736. The molecule has 0 amide bonds. The second kappa shape index (κ2) is 4.73. The second-order valence-corrected chi connectivity index (χ2v) is 4.13. The van der Waals surface area contributed by atoms with Gasteiger partial charge in [-0.05, 0) is 42.8 Å². The number of hydrogen-bond acceptors (Lipinski definition) is 2. The highest BCUT2D eigenvalue weighted by Crippen LogP contribution is 2.24. The smallest absolute Gasteiger partial charge is 0.146 e. The van der Waals surface area contributed by atoms with Gasteiger partial charge in [0.2, 0.25) is 0 Å². The van der Waals surface area contributed by atoms with Crippen molar-refractivity contribution in [2.75, 3.05) is 0 Å². The van der Waals surface area contributed by atoms with Gasteiger partial charge in [-0.3, -0.25) is 0 Å². The zero-order valence-electron chi connectivity index (χ0n) is 8.58. The molecule has 2 nitrogen and oxygen atoms in total. The van der Waals surface area contributed by atoms with E-state index in [0.29, 0.717) is 21.7 Å². The third-order valence-electron chi connectivity index (χ3n) is 2.04. The normalized spacial score (nSPS) is 10.2. The Hall–Kier alpha value is -1.25. The minimum atomic E-state index is 0.489. The third-order valence-corrected chi connectivity index (χ3v) is 2.69. The molecule has 0 aliphatic carbocycles. The van der Waals surface area contributed by atoms with Crippen molar-refractivity contribution in [3.63, 3.8) is 0 Å². The van der Waals surface area contributed by atoms with Gasteiger partial charge in [0.25, 0.3) is 0 Å². The minimum absolute atomic E-state index is 0.489. The molecule has 2 aromatic rings. The Balaban J connectivity index is 2.20. The molecule has 16 heavy (non-hydrogen) atoms. The van der Waals surface area contributed by atoms with Crippen molar-refractivity contribution in [1.82, 2.24) is 4.98 Å². The van der Waals surface area contributed by atoms with E-state index in [9.17, 15) is 0 Å². The summed E-state index contributed by atoms with van der Waals surface area (Å²) in [5, 5.41) is 1.17. The summed E-state index contributed by atoms with van der Waals surface area (Å²) in [6.45, 7) is 1.88. The number of rotatable bonds is 2. The van der Waals surface area contributed by atoms with Gasteiger partial charge in [0.1, 0.15) is 16.7 Å². The first-order valence-electron chi connectivity index (χ1n) is 4.71. The van der Waals surface area contributed by atoms with Crippen LogP contribution >= 0.6 is 23.2 Å². The van der Waals surface area contributed by atoms with Crippen LogP contribution in [0.5, 0.6) is 11.5 Å². The molecule has 0 radical (unpaired) electrons. The van der Waals surface area contributed by atoms with Crippen molar-refractivity contribution in [1.29, 1.82) is 0 Å². The molecule has 0 bridgehead atoms. The van der Waals surface area contributed by atoms with Crippen LogP contribution in [0.25, 0.3) is 0 Å². The monoisotopic (exact) mass is 253 g/mol. The molecule has 0 saturated heterocycles. The van der Waals surface area contributed by atoms with Gasteiger partial charge >= 0.3 is 0 Å². The van der Waals surface area contributed by atoms with Crippen molar-refractivity contribution in [3.8, 4) is 11.5 Å². The molecule has 1 heterocycles. The maximum atomic E-state index is 5.82. The number of benzene rings is 1. The lowest BCUT2D eigenvalue weighted by atomic mass is 10.3. The van der Waals surface area contributed by atoms with Crippen molar-refractivity contribution >= 4 is 23.2 Å². The predicted octanol–water partition coefficient (Wildman–Crippen LogP) is 4.49. The van der Waals surface area contributed by atoms with Gasteiger partial charge in [-0.2, -0.15) is 0 Å². The third kappa shape index (κ3) is 2.65. The fourth-order valence-corrected chi connectivity index (χ4v) is 1.46. The van der Waals surface area contributed by atoms with Gasteiger partial charge in [0, 0.05) is 5.02 Å². The Bertz CT molecular complexity index is 497. The first-order chi connectivity index (χ1) is 7.65. The average Bonchev–Trinajstić information content (AvgIpc) is 2.27. The van der Waals surface area contributed by atoms with Crippen LogP contribution in [-0.2, 0) is 0 Å². The van der Waals surface area contributed by atoms with Crippen LogP contribution in [0.3, 0.4) is 0 Å². The molecule has 0 unspecified atom stereocenters. The number of nitrogens with zero attached hydrogens (tertiary/aromatic N) is 1. The summed E-state index contributed by atoms with van der Waals surface area (Å²) >= 11 is 11.6. The van der Waals surface area contributed by atoms with Crippen molar-refractivity contribution in [2.45, 2.75) is 6.92 Å². The number of aryl methyl sites for hydroxylation is 1. The van der Waals surface area contributed by atoms with Gasteiger partial charge in [-0.1, -0.05) is 23.2 Å². The van der Waals surface area contributed by atoms with E-state index in [-0.39, 0.29) is 0 Å². The highest BCUT2D eigenvalue weighted by molar-refractivity contribution is 6.30. The van der Waals surface area contributed by atoms with Gasteiger partial charge in [0.05, 0.1) is 6.20 Å². The summed E-state index contributed by atoms with van der Waals surface area (Å²) in [5.74, 6) is 1.37. The largest absolute Gasteiger partial charge is 0.456 e. The Morgan fingerprint density at radius 3 is 2.38 bits per heavy atom. The van der Waals surface area contributed by atoms with Gasteiger partial charge in [-0.25, -0.2) is 4.98 Å². The second-order valence-electron chi connectivity index (χ2n) is 3.33. The van der Waals surface area contributed by atoms with Gasteiger partial charge in [0.15, 0.2) is 0 Å². The Kier molecular flexibility index (Phi) is 3.32. The zero-order valence-corrected chi connectivity index (χ0v) is 10.1. The molecule has 1 aromatic heterocycles. The van der Waals surface area contributed by atoms with E-state index in [1.54, 1.807) is 30.5 Å². The molecule has 0 saturated carbocycles. The molecule has 0 fully saturated rings. The first kappa shape index (κ1) is 11.2. The minimum Gasteiger partial charge on any atom is -0.456 e. The van der Waals surface area contributed by atoms with Crippen molar-refractivity contribution < 1.29 is 4.74 Å².